The zero-order valence-electron chi connectivity index (χ0n) is 10.9. The molecule has 0 aliphatic carbocycles. The summed E-state index contributed by atoms with van der Waals surface area (Å²) < 4.78 is 0. The number of anilines is 1. The van der Waals surface area contributed by atoms with Crippen LogP contribution in [0.25, 0.3) is 0 Å². The fourth-order valence-corrected chi connectivity index (χ4v) is 2.93. The fraction of sp³-hybridized carbons (Fsp3) is 0.500. The Morgan fingerprint density at radius 3 is 2.72 bits per heavy atom. The lowest BCUT2D eigenvalue weighted by atomic mass is 10.0. The summed E-state index contributed by atoms with van der Waals surface area (Å²) in [5.41, 5.74) is 2.20. The van der Waals surface area contributed by atoms with Crippen molar-refractivity contribution in [3.8, 4) is 0 Å². The Morgan fingerprint density at radius 1 is 1.44 bits per heavy atom. The minimum atomic E-state index is -0.0506. The van der Waals surface area contributed by atoms with Gasteiger partial charge in [-0.2, -0.15) is 0 Å². The molecule has 3 nitrogen and oxygen atoms in total. The van der Waals surface area contributed by atoms with Crippen molar-refractivity contribution in [2.75, 3.05) is 16.9 Å². The fourth-order valence-electron chi connectivity index (χ4n) is 1.99. The zero-order chi connectivity index (χ0) is 13.0. The van der Waals surface area contributed by atoms with Crippen molar-refractivity contribution in [1.82, 2.24) is 5.32 Å². The molecule has 0 bridgehead atoms. The van der Waals surface area contributed by atoms with Crippen molar-refractivity contribution in [2.24, 2.45) is 5.92 Å². The Morgan fingerprint density at radius 2 is 2.17 bits per heavy atom. The highest BCUT2D eigenvalue weighted by molar-refractivity contribution is 7.99. The van der Waals surface area contributed by atoms with Gasteiger partial charge in [0.05, 0.1) is 6.04 Å². The third-order valence-corrected chi connectivity index (χ3v) is 3.84. The summed E-state index contributed by atoms with van der Waals surface area (Å²) in [7, 11) is 0. The molecule has 1 heterocycles. The number of nitrogens with one attached hydrogen (secondary N) is 2. The van der Waals surface area contributed by atoms with Gasteiger partial charge >= 0.3 is 0 Å². The van der Waals surface area contributed by atoms with Crippen LogP contribution in [0.15, 0.2) is 24.3 Å². The Balaban J connectivity index is 1.91. The first-order valence-electron chi connectivity index (χ1n) is 6.36. The van der Waals surface area contributed by atoms with Crippen LogP contribution in [-0.2, 0) is 11.2 Å². The predicted octanol–water partition coefficient (Wildman–Crippen LogP) is 2.49. The number of hydrogen-bond donors (Lipinski definition) is 2. The maximum absolute atomic E-state index is 11.9. The van der Waals surface area contributed by atoms with Gasteiger partial charge in [-0.1, -0.05) is 26.0 Å². The van der Waals surface area contributed by atoms with Crippen LogP contribution >= 0.6 is 11.8 Å². The summed E-state index contributed by atoms with van der Waals surface area (Å²) in [5.74, 6) is 2.45. The first-order chi connectivity index (χ1) is 8.65. The van der Waals surface area contributed by atoms with Gasteiger partial charge in [0.25, 0.3) is 0 Å². The van der Waals surface area contributed by atoms with E-state index in [0.29, 0.717) is 5.92 Å². The predicted molar refractivity (Wildman–Crippen MR) is 77.9 cm³/mol. The minimum absolute atomic E-state index is 0.0506. The van der Waals surface area contributed by atoms with E-state index in [1.807, 2.05) is 12.1 Å². The molecule has 1 saturated heterocycles. The molecule has 1 aliphatic rings. The van der Waals surface area contributed by atoms with Gasteiger partial charge in [-0.15, -0.1) is 11.8 Å². The molecule has 1 aromatic carbocycles. The molecule has 18 heavy (non-hydrogen) atoms. The van der Waals surface area contributed by atoms with Crippen molar-refractivity contribution in [3.05, 3.63) is 29.8 Å². The number of hydrogen-bond acceptors (Lipinski definition) is 3. The van der Waals surface area contributed by atoms with Gasteiger partial charge in [0, 0.05) is 17.3 Å². The molecule has 1 aliphatic heterocycles. The van der Waals surface area contributed by atoms with Crippen molar-refractivity contribution in [3.63, 3.8) is 0 Å². The number of carbonyl (C=O) groups is 1. The minimum Gasteiger partial charge on any atom is -0.325 e. The van der Waals surface area contributed by atoms with E-state index in [9.17, 15) is 4.79 Å². The molecule has 1 atom stereocenters. The van der Waals surface area contributed by atoms with Gasteiger partial charge in [-0.05, 0) is 30.0 Å². The lowest BCUT2D eigenvalue weighted by molar-refractivity contribution is -0.117. The molecule has 1 aromatic rings. The van der Waals surface area contributed by atoms with Gasteiger partial charge in [0.1, 0.15) is 0 Å². The molecule has 2 N–H and O–H groups in total. The van der Waals surface area contributed by atoms with Crippen molar-refractivity contribution in [2.45, 2.75) is 26.3 Å². The van der Waals surface area contributed by atoms with Crippen LogP contribution in [-0.4, -0.2) is 23.6 Å². The molecule has 0 saturated carbocycles. The van der Waals surface area contributed by atoms with Gasteiger partial charge < -0.3 is 5.32 Å². The second-order valence-electron chi connectivity index (χ2n) is 5.06. The van der Waals surface area contributed by atoms with E-state index >= 15 is 0 Å². The van der Waals surface area contributed by atoms with E-state index in [1.165, 1.54) is 5.56 Å². The standard InChI is InChI=1S/C14H20N2OS/c1-10(2)7-11-3-5-12(6-4-11)16-14(17)13-8-18-9-15-13/h3-6,10,13,15H,7-9H2,1-2H3,(H,16,17). The molecule has 4 heteroatoms. The maximum atomic E-state index is 11.9. The van der Waals surface area contributed by atoms with Gasteiger partial charge in [-0.25, -0.2) is 0 Å². The van der Waals surface area contributed by atoms with Crippen molar-refractivity contribution in [1.29, 1.82) is 0 Å². The van der Waals surface area contributed by atoms with Crippen molar-refractivity contribution >= 4 is 23.4 Å². The molecule has 2 rings (SSSR count). The summed E-state index contributed by atoms with van der Waals surface area (Å²) >= 11 is 1.76. The van der Waals surface area contributed by atoms with Crippen LogP contribution in [0.2, 0.25) is 0 Å². The summed E-state index contributed by atoms with van der Waals surface area (Å²) in [4.78, 5) is 11.9. The number of thioether (sulfide) groups is 1. The monoisotopic (exact) mass is 264 g/mol. The molecule has 0 spiro atoms. The smallest absolute Gasteiger partial charge is 0.242 e. The molecule has 1 amide bonds. The normalized spacial score (nSPS) is 19.2. The Bertz CT molecular complexity index is 397. The molecule has 0 aromatic heterocycles. The van der Waals surface area contributed by atoms with E-state index < -0.39 is 0 Å². The highest BCUT2D eigenvalue weighted by Crippen LogP contribution is 2.15. The number of benzene rings is 1. The van der Waals surface area contributed by atoms with Crippen LogP contribution in [0.3, 0.4) is 0 Å². The highest BCUT2D eigenvalue weighted by Gasteiger charge is 2.22. The van der Waals surface area contributed by atoms with Gasteiger partial charge in [0.2, 0.25) is 5.91 Å². The quantitative estimate of drug-likeness (QED) is 0.878. The molecule has 1 unspecified atom stereocenters. The second kappa shape index (κ2) is 6.25. The summed E-state index contributed by atoms with van der Waals surface area (Å²) in [6.45, 7) is 4.41. The van der Waals surface area contributed by atoms with E-state index in [0.717, 1.165) is 23.7 Å². The highest BCUT2D eigenvalue weighted by atomic mass is 32.2. The SMILES string of the molecule is CC(C)Cc1ccc(NC(=O)C2CSCN2)cc1. The van der Waals surface area contributed by atoms with Crippen LogP contribution < -0.4 is 10.6 Å². The van der Waals surface area contributed by atoms with Crippen molar-refractivity contribution < 1.29 is 4.79 Å². The molecule has 98 valence electrons. The average Bonchev–Trinajstić information content (AvgIpc) is 2.84. The maximum Gasteiger partial charge on any atom is 0.242 e. The number of amides is 1. The lowest BCUT2D eigenvalue weighted by Crippen LogP contribution is -2.37. The largest absolute Gasteiger partial charge is 0.325 e. The summed E-state index contributed by atoms with van der Waals surface area (Å²) in [6.07, 6.45) is 1.08. The Kier molecular flexibility index (Phi) is 4.66. The second-order valence-corrected chi connectivity index (χ2v) is 6.09. The van der Waals surface area contributed by atoms with Gasteiger partial charge in [-0.3, -0.25) is 10.1 Å². The zero-order valence-corrected chi connectivity index (χ0v) is 11.7. The van der Waals surface area contributed by atoms with E-state index in [2.05, 4.69) is 36.6 Å². The lowest BCUT2D eigenvalue weighted by Gasteiger charge is -2.11. The summed E-state index contributed by atoms with van der Waals surface area (Å²) in [5, 5.41) is 6.11. The third-order valence-electron chi connectivity index (χ3n) is 2.90. The molecular weight excluding hydrogens is 244 g/mol. The van der Waals surface area contributed by atoms with E-state index in [4.69, 9.17) is 0 Å². The van der Waals surface area contributed by atoms with Crippen LogP contribution in [0.5, 0.6) is 0 Å². The van der Waals surface area contributed by atoms with Crippen LogP contribution in [0.4, 0.5) is 5.69 Å². The molecular formula is C14H20N2OS. The molecule has 1 fully saturated rings. The van der Waals surface area contributed by atoms with E-state index in [1.54, 1.807) is 11.8 Å². The third kappa shape index (κ3) is 3.75. The van der Waals surface area contributed by atoms with Crippen LogP contribution in [0.1, 0.15) is 19.4 Å². The Hall–Kier alpha value is -1.00. The molecule has 0 radical (unpaired) electrons. The van der Waals surface area contributed by atoms with Crippen LogP contribution in [0, 0.1) is 5.92 Å². The average molecular weight is 264 g/mol. The first kappa shape index (κ1) is 13.4. The number of carbonyl (C=O) groups excluding carboxylic acids is 1. The number of rotatable bonds is 4. The van der Waals surface area contributed by atoms with Gasteiger partial charge in [0.15, 0.2) is 0 Å². The Labute approximate surface area is 113 Å². The van der Waals surface area contributed by atoms with E-state index in [-0.39, 0.29) is 11.9 Å². The topological polar surface area (TPSA) is 41.1 Å². The first-order valence-corrected chi connectivity index (χ1v) is 7.51. The summed E-state index contributed by atoms with van der Waals surface area (Å²) in [6, 6.07) is 8.10.